The summed E-state index contributed by atoms with van der Waals surface area (Å²) in [5.74, 6) is -0.0903. The van der Waals surface area contributed by atoms with Crippen LogP contribution in [0.15, 0.2) is 6.33 Å². The molecule has 98 valence electrons. The van der Waals surface area contributed by atoms with Crippen LogP contribution in [0.1, 0.15) is 38.5 Å². The van der Waals surface area contributed by atoms with E-state index in [9.17, 15) is 9.90 Å². The predicted molar refractivity (Wildman–Crippen MR) is 68.8 cm³/mol. The topological polar surface area (TPSA) is 66.3 Å². The van der Waals surface area contributed by atoms with Crippen molar-refractivity contribution in [1.82, 2.24) is 9.36 Å². The molecule has 0 aromatic carbocycles. The van der Waals surface area contributed by atoms with Crippen LogP contribution in [-0.4, -0.2) is 32.5 Å². The van der Waals surface area contributed by atoms with E-state index in [1.54, 1.807) is 0 Å². The van der Waals surface area contributed by atoms with Crippen molar-refractivity contribution in [1.29, 1.82) is 0 Å². The molecule has 2 heterocycles. The van der Waals surface area contributed by atoms with Gasteiger partial charge in [-0.3, -0.25) is 0 Å². The maximum absolute atomic E-state index is 11.4. The Labute approximate surface area is 110 Å². The average molecular weight is 267 g/mol. The zero-order chi connectivity index (χ0) is 12.5. The molecule has 5 nitrogen and oxygen atoms in total. The third-order valence-electron chi connectivity index (χ3n) is 4.23. The first-order valence-corrected chi connectivity index (χ1v) is 7.32. The molecule has 1 N–H and O–H groups in total. The van der Waals surface area contributed by atoms with Crippen LogP contribution in [0.2, 0.25) is 0 Å². The number of hydrogen-bond acceptors (Lipinski definition) is 5. The van der Waals surface area contributed by atoms with Gasteiger partial charge in [-0.1, -0.05) is 12.8 Å². The van der Waals surface area contributed by atoms with Gasteiger partial charge in [-0.05, 0) is 31.6 Å². The minimum Gasteiger partial charge on any atom is -0.480 e. The largest absolute Gasteiger partial charge is 0.480 e. The molecule has 1 saturated carbocycles. The summed E-state index contributed by atoms with van der Waals surface area (Å²) in [6, 6.07) is -0.0705. The van der Waals surface area contributed by atoms with Crippen LogP contribution in [-0.2, 0) is 4.79 Å². The number of rotatable bonds is 2. The molecule has 0 spiro atoms. The van der Waals surface area contributed by atoms with Gasteiger partial charge in [-0.25, -0.2) is 9.78 Å². The van der Waals surface area contributed by atoms with Crippen LogP contribution in [0.5, 0.6) is 0 Å². The summed E-state index contributed by atoms with van der Waals surface area (Å²) in [6.45, 7) is 0. The Morgan fingerprint density at radius 1 is 1.33 bits per heavy atom. The van der Waals surface area contributed by atoms with E-state index in [2.05, 4.69) is 9.36 Å². The predicted octanol–water partition coefficient (Wildman–Crippen LogP) is 2.15. The molecule has 0 bridgehead atoms. The van der Waals surface area contributed by atoms with E-state index in [4.69, 9.17) is 0 Å². The van der Waals surface area contributed by atoms with Gasteiger partial charge >= 0.3 is 5.97 Å². The Bertz CT molecular complexity index is 423. The fourth-order valence-corrected chi connectivity index (χ4v) is 4.07. The van der Waals surface area contributed by atoms with Crippen LogP contribution in [0.4, 0.5) is 5.13 Å². The van der Waals surface area contributed by atoms with E-state index in [-0.39, 0.29) is 0 Å². The molecule has 1 aromatic heterocycles. The lowest BCUT2D eigenvalue weighted by Crippen LogP contribution is -2.55. The zero-order valence-corrected chi connectivity index (χ0v) is 11.0. The van der Waals surface area contributed by atoms with Crippen molar-refractivity contribution in [2.24, 2.45) is 5.92 Å². The van der Waals surface area contributed by atoms with Crippen LogP contribution in [0, 0.1) is 5.92 Å². The zero-order valence-electron chi connectivity index (χ0n) is 10.2. The van der Waals surface area contributed by atoms with E-state index in [1.165, 1.54) is 37.1 Å². The number of aromatic nitrogens is 2. The van der Waals surface area contributed by atoms with Crippen molar-refractivity contribution < 1.29 is 9.90 Å². The fraction of sp³-hybridized carbons (Fsp3) is 0.750. The quantitative estimate of drug-likeness (QED) is 0.889. The van der Waals surface area contributed by atoms with E-state index in [1.807, 2.05) is 4.90 Å². The average Bonchev–Trinajstić information content (AvgIpc) is 2.90. The second-order valence-electron chi connectivity index (χ2n) is 5.17. The van der Waals surface area contributed by atoms with Crippen molar-refractivity contribution in [2.75, 3.05) is 4.90 Å². The number of nitrogens with zero attached hydrogens (tertiary/aromatic N) is 3. The highest BCUT2D eigenvalue weighted by Gasteiger charge is 2.42. The second kappa shape index (κ2) is 4.84. The minimum atomic E-state index is -0.728. The molecule has 3 rings (SSSR count). The van der Waals surface area contributed by atoms with Crippen LogP contribution in [0.3, 0.4) is 0 Å². The first-order valence-electron chi connectivity index (χ1n) is 6.55. The number of anilines is 1. The molecule has 1 aromatic rings. The number of carboxylic acids is 1. The third-order valence-corrected chi connectivity index (χ3v) is 4.91. The molecule has 6 heteroatoms. The van der Waals surface area contributed by atoms with Crippen LogP contribution in [0.25, 0.3) is 0 Å². The first-order chi connectivity index (χ1) is 8.77. The second-order valence-corrected chi connectivity index (χ2v) is 5.93. The lowest BCUT2D eigenvalue weighted by atomic mass is 9.76. The van der Waals surface area contributed by atoms with Crippen LogP contribution >= 0.6 is 11.5 Å². The Kier molecular flexibility index (Phi) is 3.20. The lowest BCUT2D eigenvalue weighted by molar-refractivity contribution is -0.139. The molecule has 2 fully saturated rings. The van der Waals surface area contributed by atoms with Gasteiger partial charge in [0.1, 0.15) is 12.4 Å². The van der Waals surface area contributed by atoms with Gasteiger partial charge in [0.05, 0.1) is 0 Å². The SMILES string of the molecule is O=C(O)C1CCC2CCCCC2N1c1ncns1. The van der Waals surface area contributed by atoms with E-state index in [0.29, 0.717) is 12.0 Å². The van der Waals surface area contributed by atoms with Gasteiger partial charge in [-0.15, -0.1) is 0 Å². The summed E-state index contributed by atoms with van der Waals surface area (Å²) in [4.78, 5) is 17.7. The number of carbonyl (C=O) groups is 1. The standard InChI is InChI=1S/C12H17N3O2S/c16-11(17)10-6-5-8-3-1-2-4-9(8)15(10)12-13-7-14-18-12/h7-10H,1-6H2,(H,16,17). The van der Waals surface area contributed by atoms with E-state index in [0.717, 1.165) is 24.4 Å². The normalized spacial score (nSPS) is 32.0. The van der Waals surface area contributed by atoms with Crippen molar-refractivity contribution >= 4 is 22.6 Å². The van der Waals surface area contributed by atoms with Crippen molar-refractivity contribution in [3.8, 4) is 0 Å². The lowest BCUT2D eigenvalue weighted by Gasteiger charge is -2.46. The van der Waals surface area contributed by atoms with E-state index < -0.39 is 12.0 Å². The molecular formula is C12H17N3O2S. The van der Waals surface area contributed by atoms with Gasteiger partial charge in [0.15, 0.2) is 0 Å². The molecule has 1 aliphatic heterocycles. The number of fused-ring (bicyclic) bond motifs is 1. The van der Waals surface area contributed by atoms with Crippen molar-refractivity contribution in [2.45, 2.75) is 50.6 Å². The molecule has 18 heavy (non-hydrogen) atoms. The molecule has 3 unspecified atom stereocenters. The Hall–Kier alpha value is -1.17. The maximum atomic E-state index is 11.4. The smallest absolute Gasteiger partial charge is 0.326 e. The monoisotopic (exact) mass is 267 g/mol. The molecule has 1 saturated heterocycles. The summed E-state index contributed by atoms with van der Waals surface area (Å²) in [6.07, 6.45) is 8.09. The van der Waals surface area contributed by atoms with Crippen molar-refractivity contribution in [3.63, 3.8) is 0 Å². The summed E-state index contributed by atoms with van der Waals surface area (Å²) in [5.41, 5.74) is 0. The number of carboxylic acid groups (broad SMARTS) is 1. The maximum Gasteiger partial charge on any atom is 0.326 e. The fourth-order valence-electron chi connectivity index (χ4n) is 3.43. The summed E-state index contributed by atoms with van der Waals surface area (Å²) in [5, 5.41) is 10.2. The summed E-state index contributed by atoms with van der Waals surface area (Å²) >= 11 is 1.31. The van der Waals surface area contributed by atoms with Gasteiger partial charge < -0.3 is 10.0 Å². The minimum absolute atomic E-state index is 0.349. The highest BCUT2D eigenvalue weighted by Crippen LogP contribution is 2.40. The Balaban J connectivity index is 1.92. The Morgan fingerprint density at radius 3 is 2.89 bits per heavy atom. The molecule has 1 aliphatic carbocycles. The number of aliphatic carboxylic acids is 1. The molecule has 0 radical (unpaired) electrons. The van der Waals surface area contributed by atoms with Gasteiger partial charge in [0.2, 0.25) is 5.13 Å². The van der Waals surface area contributed by atoms with E-state index >= 15 is 0 Å². The first kappa shape index (κ1) is 11.9. The molecule has 0 amide bonds. The highest BCUT2D eigenvalue weighted by molar-refractivity contribution is 7.09. The third kappa shape index (κ3) is 1.98. The molecule has 2 aliphatic rings. The number of piperidine rings is 1. The van der Waals surface area contributed by atoms with Crippen LogP contribution < -0.4 is 4.90 Å². The number of hydrogen-bond donors (Lipinski definition) is 1. The van der Waals surface area contributed by atoms with Gasteiger partial charge in [0.25, 0.3) is 0 Å². The molecule has 3 atom stereocenters. The van der Waals surface area contributed by atoms with Crippen molar-refractivity contribution in [3.05, 3.63) is 6.33 Å². The van der Waals surface area contributed by atoms with Gasteiger partial charge in [0, 0.05) is 17.6 Å². The highest BCUT2D eigenvalue weighted by atomic mass is 32.1. The molecular weight excluding hydrogens is 250 g/mol. The summed E-state index contributed by atoms with van der Waals surface area (Å²) < 4.78 is 4.02. The van der Waals surface area contributed by atoms with Gasteiger partial charge in [-0.2, -0.15) is 4.37 Å². The Morgan fingerprint density at radius 2 is 2.17 bits per heavy atom. The summed E-state index contributed by atoms with van der Waals surface area (Å²) in [7, 11) is 0.